The van der Waals surface area contributed by atoms with Crippen LogP contribution in [0.4, 0.5) is 0 Å². The summed E-state index contributed by atoms with van der Waals surface area (Å²) in [5, 5.41) is 2.41. The molecule has 0 bridgehead atoms. The monoisotopic (exact) mass is 314 g/mol. The van der Waals surface area contributed by atoms with Crippen LogP contribution in [0.5, 0.6) is 0 Å². The van der Waals surface area contributed by atoms with E-state index in [1.165, 1.54) is 11.3 Å². The number of ether oxygens (including phenoxy) is 1. The van der Waals surface area contributed by atoms with Crippen molar-refractivity contribution in [1.29, 1.82) is 0 Å². The summed E-state index contributed by atoms with van der Waals surface area (Å²) in [7, 11) is 0. The van der Waals surface area contributed by atoms with Crippen LogP contribution in [0.3, 0.4) is 0 Å². The van der Waals surface area contributed by atoms with E-state index in [9.17, 15) is 4.79 Å². The van der Waals surface area contributed by atoms with Gasteiger partial charge in [0.15, 0.2) is 5.69 Å². The molecule has 0 atom stereocenters. The lowest BCUT2D eigenvalue weighted by molar-refractivity contribution is 0.0520. The second-order valence-corrected chi connectivity index (χ2v) is 3.83. The molecule has 0 saturated heterocycles. The molecule has 0 aromatic carbocycles. The molecule has 0 saturated carbocycles. The van der Waals surface area contributed by atoms with Gasteiger partial charge in [0.1, 0.15) is 5.01 Å². The fourth-order valence-corrected chi connectivity index (χ4v) is 1.94. The molecule has 2 rings (SSSR count). The lowest BCUT2D eigenvalue weighted by atomic mass is 10.4. The Labute approximate surface area is 113 Å². The summed E-state index contributed by atoms with van der Waals surface area (Å²) >= 11 is 1.38. The van der Waals surface area contributed by atoms with Crippen molar-refractivity contribution < 1.29 is 9.53 Å². The van der Waals surface area contributed by atoms with Crippen molar-refractivity contribution in [2.24, 2.45) is 0 Å². The second kappa shape index (κ2) is 6.46. The van der Waals surface area contributed by atoms with E-state index in [0.29, 0.717) is 12.3 Å². The summed E-state index contributed by atoms with van der Waals surface area (Å²) < 4.78 is 4.86. The largest absolute Gasteiger partial charge is 0.461 e. The molecule has 0 unspecified atom stereocenters. The SMILES string of the molecule is Br.CCOC(=O)c1csc(-c2ccccn2)n1. The maximum absolute atomic E-state index is 11.4. The van der Waals surface area contributed by atoms with Crippen LogP contribution in [0.25, 0.3) is 10.7 Å². The minimum Gasteiger partial charge on any atom is -0.461 e. The quantitative estimate of drug-likeness (QED) is 0.817. The maximum atomic E-state index is 11.4. The van der Waals surface area contributed by atoms with Crippen LogP contribution in [-0.2, 0) is 4.74 Å². The zero-order valence-electron chi connectivity index (χ0n) is 9.12. The van der Waals surface area contributed by atoms with E-state index < -0.39 is 0 Å². The van der Waals surface area contributed by atoms with Crippen LogP contribution in [0.2, 0.25) is 0 Å². The minimum atomic E-state index is -0.388. The van der Waals surface area contributed by atoms with Gasteiger partial charge in [0.2, 0.25) is 0 Å². The molecule has 0 aliphatic carbocycles. The number of aromatic nitrogens is 2. The molecular weight excluding hydrogens is 304 g/mol. The average Bonchev–Trinajstić information content (AvgIpc) is 2.80. The number of pyridine rings is 1. The third kappa shape index (κ3) is 3.34. The van der Waals surface area contributed by atoms with Gasteiger partial charge < -0.3 is 4.74 Å². The molecule has 0 radical (unpaired) electrons. The van der Waals surface area contributed by atoms with Crippen LogP contribution in [-0.4, -0.2) is 22.5 Å². The number of carbonyl (C=O) groups excluding carboxylic acids is 1. The Balaban J connectivity index is 0.00000144. The number of hydrogen-bond acceptors (Lipinski definition) is 5. The van der Waals surface area contributed by atoms with Gasteiger partial charge in [0, 0.05) is 11.6 Å². The third-order valence-electron chi connectivity index (χ3n) is 1.87. The molecule has 0 aliphatic heterocycles. The van der Waals surface area contributed by atoms with Gasteiger partial charge in [-0.05, 0) is 19.1 Å². The molecule has 90 valence electrons. The lowest BCUT2D eigenvalue weighted by Crippen LogP contribution is -2.04. The Kier molecular flexibility index (Phi) is 5.24. The first kappa shape index (κ1) is 13.8. The number of halogens is 1. The Morgan fingerprint density at radius 2 is 2.29 bits per heavy atom. The molecule has 2 aromatic heterocycles. The van der Waals surface area contributed by atoms with E-state index in [1.807, 2.05) is 18.2 Å². The molecule has 0 amide bonds. The van der Waals surface area contributed by atoms with Gasteiger partial charge in [-0.3, -0.25) is 4.98 Å². The smallest absolute Gasteiger partial charge is 0.357 e. The Bertz CT molecular complexity index is 487. The zero-order chi connectivity index (χ0) is 11.4. The fraction of sp³-hybridized carbons (Fsp3) is 0.182. The van der Waals surface area contributed by atoms with Crippen molar-refractivity contribution in [2.45, 2.75) is 6.92 Å². The van der Waals surface area contributed by atoms with Crippen molar-refractivity contribution in [3.05, 3.63) is 35.5 Å². The molecule has 2 aromatic rings. The second-order valence-electron chi connectivity index (χ2n) is 2.97. The fourth-order valence-electron chi connectivity index (χ4n) is 1.18. The van der Waals surface area contributed by atoms with E-state index in [0.717, 1.165) is 10.7 Å². The number of hydrogen-bond donors (Lipinski definition) is 0. The van der Waals surface area contributed by atoms with Crippen LogP contribution in [0.15, 0.2) is 29.8 Å². The summed E-state index contributed by atoms with van der Waals surface area (Å²) in [5.41, 5.74) is 1.11. The summed E-state index contributed by atoms with van der Waals surface area (Å²) in [6.45, 7) is 2.12. The van der Waals surface area contributed by atoms with E-state index in [4.69, 9.17) is 4.74 Å². The Morgan fingerprint density at radius 3 is 2.94 bits per heavy atom. The summed E-state index contributed by atoms with van der Waals surface area (Å²) in [6, 6.07) is 5.57. The Morgan fingerprint density at radius 1 is 1.47 bits per heavy atom. The van der Waals surface area contributed by atoms with Gasteiger partial charge in [-0.15, -0.1) is 28.3 Å². The van der Waals surface area contributed by atoms with Crippen LogP contribution < -0.4 is 0 Å². The number of nitrogens with zero attached hydrogens (tertiary/aromatic N) is 2. The molecule has 0 N–H and O–H groups in total. The molecular formula is C11H11BrN2O2S. The van der Waals surface area contributed by atoms with Crippen molar-refractivity contribution in [2.75, 3.05) is 6.61 Å². The number of rotatable bonds is 3. The molecule has 0 spiro atoms. The predicted molar refractivity (Wildman–Crippen MR) is 71.6 cm³/mol. The number of carbonyl (C=O) groups is 1. The number of esters is 1. The zero-order valence-corrected chi connectivity index (χ0v) is 11.7. The van der Waals surface area contributed by atoms with Crippen molar-refractivity contribution >= 4 is 34.3 Å². The van der Waals surface area contributed by atoms with Crippen LogP contribution >= 0.6 is 28.3 Å². The first-order valence-electron chi connectivity index (χ1n) is 4.85. The first-order chi connectivity index (χ1) is 7.81. The van der Waals surface area contributed by atoms with Crippen molar-refractivity contribution in [1.82, 2.24) is 9.97 Å². The van der Waals surface area contributed by atoms with Crippen LogP contribution in [0, 0.1) is 0 Å². The molecule has 0 fully saturated rings. The average molecular weight is 315 g/mol. The van der Waals surface area contributed by atoms with E-state index in [1.54, 1.807) is 18.5 Å². The minimum absolute atomic E-state index is 0. The van der Waals surface area contributed by atoms with Gasteiger partial charge in [-0.2, -0.15) is 0 Å². The molecule has 4 nitrogen and oxygen atoms in total. The lowest BCUT2D eigenvalue weighted by Gasteiger charge is -1.96. The number of thiazole rings is 1. The van der Waals surface area contributed by atoms with E-state index in [-0.39, 0.29) is 23.0 Å². The predicted octanol–water partition coefficient (Wildman–Crippen LogP) is 2.96. The summed E-state index contributed by atoms with van der Waals surface area (Å²) in [6.07, 6.45) is 1.70. The topological polar surface area (TPSA) is 52.1 Å². The normalized spacial score (nSPS) is 9.47. The highest BCUT2D eigenvalue weighted by Crippen LogP contribution is 2.21. The van der Waals surface area contributed by atoms with Gasteiger partial charge in [0.05, 0.1) is 12.3 Å². The van der Waals surface area contributed by atoms with Gasteiger partial charge in [-0.25, -0.2) is 9.78 Å². The first-order valence-corrected chi connectivity index (χ1v) is 5.73. The third-order valence-corrected chi connectivity index (χ3v) is 2.74. The Hall–Kier alpha value is -1.27. The van der Waals surface area contributed by atoms with E-state index in [2.05, 4.69) is 9.97 Å². The molecule has 6 heteroatoms. The van der Waals surface area contributed by atoms with Gasteiger partial charge in [0.25, 0.3) is 0 Å². The highest BCUT2D eigenvalue weighted by Gasteiger charge is 2.12. The molecule has 17 heavy (non-hydrogen) atoms. The standard InChI is InChI=1S/C11H10N2O2S.BrH/c1-2-15-11(14)9-7-16-10(13-9)8-5-3-4-6-12-8;/h3-7H,2H2,1H3;1H. The van der Waals surface area contributed by atoms with Crippen molar-refractivity contribution in [3.63, 3.8) is 0 Å². The maximum Gasteiger partial charge on any atom is 0.357 e. The van der Waals surface area contributed by atoms with Crippen LogP contribution in [0.1, 0.15) is 17.4 Å². The summed E-state index contributed by atoms with van der Waals surface area (Å²) in [4.78, 5) is 19.7. The van der Waals surface area contributed by atoms with Gasteiger partial charge in [-0.1, -0.05) is 6.07 Å². The molecule has 2 heterocycles. The molecule has 0 aliphatic rings. The highest BCUT2D eigenvalue weighted by atomic mass is 79.9. The van der Waals surface area contributed by atoms with E-state index >= 15 is 0 Å². The van der Waals surface area contributed by atoms with Gasteiger partial charge >= 0.3 is 5.97 Å². The summed E-state index contributed by atoms with van der Waals surface area (Å²) in [5.74, 6) is -0.388. The van der Waals surface area contributed by atoms with Crippen molar-refractivity contribution in [3.8, 4) is 10.7 Å². The highest BCUT2D eigenvalue weighted by molar-refractivity contribution is 8.93.